The van der Waals surface area contributed by atoms with E-state index >= 15 is 0 Å². The molecule has 3 aromatic carbocycles. The van der Waals surface area contributed by atoms with Gasteiger partial charge in [-0.15, -0.1) is 0 Å². The standard InChI is InChI=1S/C27H25NO5/c1-3-17-8-12-20(13-9-17)28-24(18-10-14-21(29)15-11-18)23(26(31)27(28)32)25(30)19-6-5-7-22(16-19)33-4-2/h5-16,24,29-30H,3-4H2,1-2H3/b25-23-. The maximum absolute atomic E-state index is 13.2. The van der Waals surface area contributed by atoms with Crippen LogP contribution in [0, 0.1) is 0 Å². The number of carbonyl (C=O) groups excluding carboxylic acids is 2. The summed E-state index contributed by atoms with van der Waals surface area (Å²) in [6.07, 6.45) is 0.844. The molecule has 1 saturated heterocycles. The van der Waals surface area contributed by atoms with Crippen LogP contribution in [0.2, 0.25) is 0 Å². The number of benzene rings is 3. The summed E-state index contributed by atoms with van der Waals surface area (Å²) in [6, 6.07) is 19.6. The zero-order chi connectivity index (χ0) is 23.5. The van der Waals surface area contributed by atoms with Crippen LogP contribution in [0.25, 0.3) is 5.76 Å². The Bertz CT molecular complexity index is 1210. The first-order chi connectivity index (χ1) is 15.9. The van der Waals surface area contributed by atoms with E-state index in [2.05, 4.69) is 0 Å². The highest BCUT2D eigenvalue weighted by atomic mass is 16.5. The van der Waals surface area contributed by atoms with Crippen molar-refractivity contribution in [3.05, 3.63) is 95.1 Å². The quantitative estimate of drug-likeness (QED) is 0.319. The Labute approximate surface area is 192 Å². The average molecular weight is 443 g/mol. The van der Waals surface area contributed by atoms with E-state index < -0.39 is 17.7 Å². The zero-order valence-electron chi connectivity index (χ0n) is 18.5. The lowest BCUT2D eigenvalue weighted by Crippen LogP contribution is -2.29. The van der Waals surface area contributed by atoms with Crippen molar-refractivity contribution in [1.29, 1.82) is 0 Å². The van der Waals surface area contributed by atoms with E-state index in [0.717, 1.165) is 12.0 Å². The van der Waals surface area contributed by atoms with Crippen molar-refractivity contribution in [2.45, 2.75) is 26.3 Å². The van der Waals surface area contributed by atoms with Crippen LogP contribution in [0.15, 0.2) is 78.4 Å². The summed E-state index contributed by atoms with van der Waals surface area (Å²) >= 11 is 0. The molecule has 0 bridgehead atoms. The Morgan fingerprint density at radius 2 is 1.67 bits per heavy atom. The number of amides is 1. The van der Waals surface area contributed by atoms with Gasteiger partial charge in [0.1, 0.15) is 17.3 Å². The monoisotopic (exact) mass is 443 g/mol. The number of aliphatic hydroxyl groups excluding tert-OH is 1. The van der Waals surface area contributed by atoms with E-state index in [1.54, 1.807) is 48.5 Å². The Balaban J connectivity index is 1.90. The summed E-state index contributed by atoms with van der Waals surface area (Å²) in [6.45, 7) is 4.34. The summed E-state index contributed by atoms with van der Waals surface area (Å²) in [5.74, 6) is -1.16. The first kappa shape index (κ1) is 22.1. The van der Waals surface area contributed by atoms with E-state index in [1.807, 2.05) is 26.0 Å². The van der Waals surface area contributed by atoms with Gasteiger partial charge >= 0.3 is 0 Å². The van der Waals surface area contributed by atoms with Crippen LogP contribution in [-0.4, -0.2) is 28.5 Å². The van der Waals surface area contributed by atoms with Crippen LogP contribution >= 0.6 is 0 Å². The molecule has 1 fully saturated rings. The number of phenols is 1. The highest BCUT2D eigenvalue weighted by Gasteiger charge is 2.47. The second kappa shape index (κ2) is 9.20. The molecule has 1 heterocycles. The number of aryl methyl sites for hydroxylation is 1. The summed E-state index contributed by atoms with van der Waals surface area (Å²) in [7, 11) is 0. The maximum Gasteiger partial charge on any atom is 0.300 e. The minimum absolute atomic E-state index is 0.0149. The number of rotatable bonds is 6. The predicted octanol–water partition coefficient (Wildman–Crippen LogP) is 4.98. The molecule has 0 spiro atoms. The number of hydrogen-bond acceptors (Lipinski definition) is 5. The van der Waals surface area contributed by atoms with Crippen molar-refractivity contribution in [1.82, 2.24) is 0 Å². The van der Waals surface area contributed by atoms with Crippen LogP contribution in [-0.2, 0) is 16.0 Å². The molecule has 4 rings (SSSR count). The molecule has 2 N–H and O–H groups in total. The molecule has 0 aliphatic carbocycles. The highest BCUT2D eigenvalue weighted by Crippen LogP contribution is 2.42. The zero-order valence-corrected chi connectivity index (χ0v) is 18.5. The minimum atomic E-state index is -0.853. The Morgan fingerprint density at radius 1 is 0.970 bits per heavy atom. The lowest BCUT2D eigenvalue weighted by molar-refractivity contribution is -0.132. The fraction of sp³-hybridized carbons (Fsp3) is 0.185. The molecule has 0 radical (unpaired) electrons. The van der Waals surface area contributed by atoms with Crippen molar-refractivity contribution < 1.29 is 24.5 Å². The highest BCUT2D eigenvalue weighted by molar-refractivity contribution is 6.51. The SMILES string of the molecule is CCOc1cccc(/C(O)=C2/C(=O)C(=O)N(c3ccc(CC)cc3)C2c2ccc(O)cc2)c1. The summed E-state index contributed by atoms with van der Waals surface area (Å²) in [5.41, 5.74) is 2.61. The van der Waals surface area contributed by atoms with Crippen LogP contribution < -0.4 is 9.64 Å². The van der Waals surface area contributed by atoms with Crippen LogP contribution in [0.5, 0.6) is 11.5 Å². The molecule has 168 valence electrons. The molecule has 1 aliphatic rings. The van der Waals surface area contributed by atoms with E-state index in [0.29, 0.717) is 29.2 Å². The van der Waals surface area contributed by atoms with Gasteiger partial charge in [0.05, 0.1) is 18.2 Å². The first-order valence-electron chi connectivity index (χ1n) is 10.9. The van der Waals surface area contributed by atoms with Gasteiger partial charge < -0.3 is 14.9 Å². The van der Waals surface area contributed by atoms with Crippen molar-refractivity contribution in [3.8, 4) is 11.5 Å². The minimum Gasteiger partial charge on any atom is -0.508 e. The molecule has 33 heavy (non-hydrogen) atoms. The van der Waals surface area contributed by atoms with Crippen molar-refractivity contribution in [2.75, 3.05) is 11.5 Å². The molecule has 3 aromatic rings. The molecule has 0 aromatic heterocycles. The van der Waals surface area contributed by atoms with E-state index in [1.165, 1.54) is 17.0 Å². The summed E-state index contributed by atoms with van der Waals surface area (Å²) in [5, 5.41) is 21.0. The predicted molar refractivity (Wildman–Crippen MR) is 126 cm³/mol. The third-order valence-corrected chi connectivity index (χ3v) is 5.69. The number of phenolic OH excluding ortho intramolecular Hbond substituents is 1. The average Bonchev–Trinajstić information content (AvgIpc) is 3.10. The third-order valence-electron chi connectivity index (χ3n) is 5.69. The lowest BCUT2D eigenvalue weighted by atomic mass is 9.95. The fourth-order valence-electron chi connectivity index (χ4n) is 4.02. The van der Waals surface area contributed by atoms with E-state index in [9.17, 15) is 19.8 Å². The van der Waals surface area contributed by atoms with Gasteiger partial charge in [0.15, 0.2) is 0 Å². The number of ketones is 1. The molecule has 1 aliphatic heterocycles. The Hall–Kier alpha value is -4.06. The molecule has 6 nitrogen and oxygen atoms in total. The number of anilines is 1. The van der Waals surface area contributed by atoms with Gasteiger partial charge in [-0.1, -0.05) is 43.3 Å². The normalized spacial score (nSPS) is 17.4. The van der Waals surface area contributed by atoms with Gasteiger partial charge in [-0.2, -0.15) is 0 Å². The van der Waals surface area contributed by atoms with Gasteiger partial charge in [0.25, 0.3) is 11.7 Å². The number of aliphatic hydroxyl groups is 1. The topological polar surface area (TPSA) is 87.1 Å². The number of Topliss-reactive ketones (excluding diaryl/α,β-unsaturated/α-hetero) is 1. The maximum atomic E-state index is 13.2. The van der Waals surface area contributed by atoms with Crippen LogP contribution in [0.1, 0.15) is 36.6 Å². The molecule has 0 saturated carbocycles. The van der Waals surface area contributed by atoms with Gasteiger partial charge in [-0.05, 0) is 60.9 Å². The summed E-state index contributed by atoms with van der Waals surface area (Å²) in [4.78, 5) is 27.8. The smallest absolute Gasteiger partial charge is 0.300 e. The van der Waals surface area contributed by atoms with Crippen LogP contribution in [0.3, 0.4) is 0 Å². The molecule has 1 atom stereocenters. The Kier molecular flexibility index (Phi) is 6.18. The number of aromatic hydroxyl groups is 1. The van der Waals surface area contributed by atoms with Crippen LogP contribution in [0.4, 0.5) is 5.69 Å². The first-order valence-corrected chi connectivity index (χ1v) is 10.9. The number of nitrogens with zero attached hydrogens (tertiary/aromatic N) is 1. The fourth-order valence-corrected chi connectivity index (χ4v) is 4.02. The van der Waals surface area contributed by atoms with Crippen molar-refractivity contribution in [3.63, 3.8) is 0 Å². The Morgan fingerprint density at radius 3 is 2.30 bits per heavy atom. The van der Waals surface area contributed by atoms with Crippen molar-refractivity contribution in [2.24, 2.45) is 0 Å². The van der Waals surface area contributed by atoms with Gasteiger partial charge in [-0.3, -0.25) is 14.5 Å². The molecular formula is C27H25NO5. The number of ether oxygens (including phenoxy) is 1. The second-order valence-corrected chi connectivity index (χ2v) is 7.74. The lowest BCUT2D eigenvalue weighted by Gasteiger charge is -2.25. The second-order valence-electron chi connectivity index (χ2n) is 7.74. The third kappa shape index (κ3) is 4.20. The molecule has 6 heteroatoms. The van der Waals surface area contributed by atoms with E-state index in [4.69, 9.17) is 4.74 Å². The number of carbonyl (C=O) groups is 2. The number of hydrogen-bond donors (Lipinski definition) is 2. The molecule has 1 amide bonds. The summed E-state index contributed by atoms with van der Waals surface area (Å²) < 4.78 is 5.52. The molecular weight excluding hydrogens is 418 g/mol. The van der Waals surface area contributed by atoms with Crippen molar-refractivity contribution >= 4 is 23.1 Å². The van der Waals surface area contributed by atoms with Gasteiger partial charge in [-0.25, -0.2) is 0 Å². The largest absolute Gasteiger partial charge is 0.508 e. The van der Waals surface area contributed by atoms with E-state index in [-0.39, 0.29) is 17.1 Å². The van der Waals surface area contributed by atoms with Gasteiger partial charge in [0.2, 0.25) is 0 Å². The van der Waals surface area contributed by atoms with Gasteiger partial charge in [0, 0.05) is 11.3 Å². The molecule has 1 unspecified atom stereocenters.